The van der Waals surface area contributed by atoms with Crippen molar-refractivity contribution < 1.29 is 42.1 Å². The molecular weight excluding hydrogens is 540 g/mol. The molecule has 0 radical (unpaired) electrons. The number of carbonyl (C=O) groups excluding carboxylic acids is 3. The van der Waals surface area contributed by atoms with E-state index >= 15 is 0 Å². The first-order chi connectivity index (χ1) is 19.3. The monoisotopic (exact) mass is 572 g/mol. The minimum atomic E-state index is -5.36. The fourth-order valence-electron chi connectivity index (χ4n) is 5.75. The van der Waals surface area contributed by atoms with E-state index in [9.17, 15) is 14.4 Å². The van der Waals surface area contributed by atoms with E-state index < -0.39 is 39.4 Å². The molecule has 1 atom stereocenters. The van der Waals surface area contributed by atoms with Crippen LogP contribution in [0.25, 0.3) is 0 Å². The van der Waals surface area contributed by atoms with Crippen LogP contribution < -0.4 is 0 Å². The Morgan fingerprint density at radius 1 is 0.625 bits per heavy atom. The van der Waals surface area contributed by atoms with Crippen LogP contribution in [0.15, 0.2) is 113 Å². The van der Waals surface area contributed by atoms with Crippen LogP contribution in [0.4, 0.5) is 0 Å². The van der Waals surface area contributed by atoms with Crippen LogP contribution in [-0.2, 0) is 27.7 Å². The summed E-state index contributed by atoms with van der Waals surface area (Å²) in [4.78, 5) is 41.3. The van der Waals surface area contributed by atoms with Gasteiger partial charge in [0.15, 0.2) is 0 Å². The molecule has 3 aromatic carbocycles. The standard InChI is InChI=1S/C12H17.3C7H6O2.Ti/c1-8-9(2)11-6-4-5-7-12(11)10(8)3;3*8-7(9)6-4-2-1-3-5-6;/h4-7H2,1-3H3;3*1-5H,(H,8,9);/q;;;;+3/p-3. The van der Waals surface area contributed by atoms with Gasteiger partial charge in [-0.05, 0) is 0 Å². The second-order valence-corrected chi connectivity index (χ2v) is 14.6. The zero-order chi connectivity index (χ0) is 28.3. The second-order valence-electron chi connectivity index (χ2n) is 10.4. The van der Waals surface area contributed by atoms with Gasteiger partial charge in [-0.25, -0.2) is 0 Å². The van der Waals surface area contributed by atoms with E-state index in [1.54, 1.807) is 91.0 Å². The summed E-state index contributed by atoms with van der Waals surface area (Å²) in [5.74, 6) is -2.09. The maximum atomic E-state index is 13.8. The van der Waals surface area contributed by atoms with Crippen molar-refractivity contribution in [3.05, 3.63) is 130 Å². The van der Waals surface area contributed by atoms with Crippen molar-refractivity contribution in [3.63, 3.8) is 0 Å². The van der Waals surface area contributed by atoms with Gasteiger partial charge in [0.25, 0.3) is 0 Å². The number of rotatable bonds is 7. The number of hydrogen-bond acceptors (Lipinski definition) is 6. The summed E-state index contributed by atoms with van der Waals surface area (Å²) in [7, 11) is 0. The van der Waals surface area contributed by atoms with Crippen molar-refractivity contribution in [1.29, 1.82) is 0 Å². The molecule has 0 amide bonds. The van der Waals surface area contributed by atoms with Gasteiger partial charge in [-0.15, -0.1) is 0 Å². The molecule has 5 rings (SSSR count). The van der Waals surface area contributed by atoms with Crippen LogP contribution in [0.3, 0.4) is 0 Å². The first-order valence-corrected chi connectivity index (χ1v) is 16.2. The third-order valence-corrected chi connectivity index (χ3v) is 13.3. The van der Waals surface area contributed by atoms with Gasteiger partial charge in [0.05, 0.1) is 0 Å². The normalized spacial score (nSPS) is 18.7. The molecule has 0 N–H and O–H groups in total. The van der Waals surface area contributed by atoms with Gasteiger partial charge in [0.1, 0.15) is 0 Å². The van der Waals surface area contributed by atoms with Crippen molar-refractivity contribution in [1.82, 2.24) is 0 Å². The molecule has 3 aromatic rings. The molecular formula is C33H32O6Ti. The molecule has 0 aromatic heterocycles. The summed E-state index contributed by atoms with van der Waals surface area (Å²) in [5, 5.41) is 0. The Balaban J connectivity index is 1.71. The zero-order valence-electron chi connectivity index (χ0n) is 22.9. The van der Waals surface area contributed by atoms with E-state index in [4.69, 9.17) is 9.96 Å². The van der Waals surface area contributed by atoms with Gasteiger partial charge >= 0.3 is 240 Å². The Bertz CT molecular complexity index is 1360. The first-order valence-electron chi connectivity index (χ1n) is 13.5. The Hall–Kier alpha value is -3.74. The second kappa shape index (κ2) is 11.4. The van der Waals surface area contributed by atoms with Crippen molar-refractivity contribution in [2.75, 3.05) is 0 Å². The molecule has 0 saturated heterocycles. The van der Waals surface area contributed by atoms with E-state index in [1.165, 1.54) is 5.57 Å². The Morgan fingerprint density at radius 2 is 1.00 bits per heavy atom. The maximum absolute atomic E-state index is 13.8. The first kappa shape index (κ1) is 27.8. The zero-order valence-corrected chi connectivity index (χ0v) is 24.5. The predicted octanol–water partition coefficient (Wildman–Crippen LogP) is 7.86. The average Bonchev–Trinajstić information content (AvgIpc) is 3.20. The molecule has 2 aliphatic carbocycles. The fourth-order valence-corrected chi connectivity index (χ4v) is 10.6. The van der Waals surface area contributed by atoms with Gasteiger partial charge < -0.3 is 0 Å². The van der Waals surface area contributed by atoms with Gasteiger partial charge in [0.2, 0.25) is 0 Å². The van der Waals surface area contributed by atoms with Crippen LogP contribution in [-0.4, -0.2) is 17.9 Å². The summed E-state index contributed by atoms with van der Waals surface area (Å²) in [6.07, 6.45) is 3.59. The number of hydrogen-bond donors (Lipinski definition) is 0. The van der Waals surface area contributed by atoms with Crippen LogP contribution in [0.1, 0.15) is 77.5 Å². The molecule has 2 aliphatic rings. The minimum absolute atomic E-state index is 0.279. The van der Waals surface area contributed by atoms with E-state index in [0.717, 1.165) is 42.4 Å². The summed E-state index contributed by atoms with van der Waals surface area (Å²) in [6.45, 7) is 5.94. The summed E-state index contributed by atoms with van der Waals surface area (Å²) >= 11 is -5.36. The summed E-state index contributed by atoms with van der Waals surface area (Å²) < 4.78 is 18.0. The summed E-state index contributed by atoms with van der Waals surface area (Å²) in [6, 6.07) is 25.5. The fraction of sp³-hybridized carbons (Fsp3) is 0.242. The molecule has 0 spiro atoms. The molecule has 204 valence electrons. The Kier molecular flexibility index (Phi) is 7.93. The molecule has 40 heavy (non-hydrogen) atoms. The van der Waals surface area contributed by atoms with E-state index in [0.29, 0.717) is 0 Å². The van der Waals surface area contributed by atoms with Gasteiger partial charge in [-0.2, -0.15) is 0 Å². The molecule has 0 fully saturated rings. The molecule has 0 bridgehead atoms. The quantitative estimate of drug-likeness (QED) is 0.268. The van der Waals surface area contributed by atoms with Crippen molar-refractivity contribution in [3.8, 4) is 0 Å². The Labute approximate surface area is 239 Å². The molecule has 6 nitrogen and oxygen atoms in total. The van der Waals surface area contributed by atoms with Crippen LogP contribution in [0, 0.1) is 0 Å². The summed E-state index contributed by atoms with van der Waals surface area (Å²) in [5.41, 5.74) is 5.04. The van der Waals surface area contributed by atoms with E-state index in [2.05, 4.69) is 0 Å². The number of benzene rings is 3. The van der Waals surface area contributed by atoms with E-state index in [-0.39, 0.29) is 16.7 Å². The third-order valence-electron chi connectivity index (χ3n) is 8.16. The van der Waals surface area contributed by atoms with Crippen LogP contribution in [0.5, 0.6) is 0 Å². The SMILES string of the molecule is CC1=C(C)[C](C)([Ti]([O]C(=O)c2ccccc2)([O]C(=O)c2ccccc2)[O]C(=O)c2ccccc2)C2=C1CCCC2. The Morgan fingerprint density at radius 3 is 1.40 bits per heavy atom. The third kappa shape index (κ3) is 4.98. The molecule has 1 unspecified atom stereocenters. The van der Waals surface area contributed by atoms with Gasteiger partial charge in [0, 0.05) is 0 Å². The predicted molar refractivity (Wildman–Crippen MR) is 148 cm³/mol. The topological polar surface area (TPSA) is 78.9 Å². The van der Waals surface area contributed by atoms with E-state index in [1.807, 2.05) is 20.8 Å². The van der Waals surface area contributed by atoms with Gasteiger partial charge in [-0.1, -0.05) is 0 Å². The molecule has 0 aliphatic heterocycles. The van der Waals surface area contributed by atoms with Crippen LogP contribution >= 0.6 is 0 Å². The number of carbonyl (C=O) groups is 3. The van der Waals surface area contributed by atoms with Crippen molar-refractivity contribution in [2.24, 2.45) is 0 Å². The molecule has 0 heterocycles. The average molecular weight is 572 g/mol. The van der Waals surface area contributed by atoms with Crippen molar-refractivity contribution in [2.45, 2.75) is 50.2 Å². The molecule has 0 saturated carbocycles. The van der Waals surface area contributed by atoms with Crippen LogP contribution in [0.2, 0.25) is 3.72 Å². The number of allylic oxidation sites excluding steroid dienone is 4. The van der Waals surface area contributed by atoms with Crippen molar-refractivity contribution >= 4 is 17.9 Å². The van der Waals surface area contributed by atoms with Gasteiger partial charge in [-0.3, -0.25) is 0 Å². The molecule has 7 heteroatoms.